The number of nitrogens with zero attached hydrogens (tertiary/aromatic N) is 2. The number of aliphatic imine (C=N–C) groups is 1. The van der Waals surface area contributed by atoms with Crippen LogP contribution in [0, 0.1) is 17.3 Å². The maximum atomic E-state index is 13.1. The predicted octanol–water partition coefficient (Wildman–Crippen LogP) is 1.95. The van der Waals surface area contributed by atoms with Gasteiger partial charge < -0.3 is 29.2 Å². The van der Waals surface area contributed by atoms with Crippen LogP contribution in [0.3, 0.4) is 0 Å². The van der Waals surface area contributed by atoms with Gasteiger partial charge in [-0.25, -0.2) is 4.79 Å². The van der Waals surface area contributed by atoms with Crippen LogP contribution in [0.25, 0.3) is 0 Å². The van der Waals surface area contributed by atoms with Crippen molar-refractivity contribution in [1.29, 1.82) is 0 Å². The van der Waals surface area contributed by atoms with E-state index in [2.05, 4.69) is 15.2 Å². The number of carbonyl (C=O) groups excluding carboxylic acids is 3. The number of nitrogens with one attached hydrogen (secondary N) is 1. The molecule has 35 heavy (non-hydrogen) atoms. The molecule has 4 rings (SSSR count). The Balaban J connectivity index is 1.45. The molecule has 0 spiro atoms. The zero-order valence-electron chi connectivity index (χ0n) is 20.7. The van der Waals surface area contributed by atoms with Gasteiger partial charge in [0.25, 0.3) is 0 Å². The molecule has 4 aliphatic heterocycles. The van der Waals surface area contributed by atoms with E-state index in [1.54, 1.807) is 44.3 Å². The highest BCUT2D eigenvalue weighted by Crippen LogP contribution is 2.43. The monoisotopic (exact) mass is 527 g/mol. The average molecular weight is 528 g/mol. The lowest BCUT2D eigenvalue weighted by molar-refractivity contribution is -0.195. The molecule has 194 valence electrons. The number of amidine groups is 1. The van der Waals surface area contributed by atoms with E-state index in [-0.39, 0.29) is 36.1 Å². The van der Waals surface area contributed by atoms with Crippen molar-refractivity contribution in [2.24, 2.45) is 22.2 Å². The van der Waals surface area contributed by atoms with E-state index in [4.69, 9.17) is 18.9 Å². The standard InChI is InChI=1S/C23H33N3O7S2/c1-12-16(15-13(2)30-10-31-19(15)27)25-17(20(28)32-11-33-21(29)23(3,4)5)18(12)35-14-8-26(9-14)22-24-6-7-34-22/h12-16,25H,6-11H2,1-5H3/t12-,13-,15-,16-/m1/s1. The van der Waals surface area contributed by atoms with Crippen LogP contribution < -0.4 is 5.32 Å². The number of carbonyl (C=O) groups is 3. The second kappa shape index (κ2) is 10.6. The number of esters is 3. The number of cyclic esters (lactones) is 1. The van der Waals surface area contributed by atoms with Gasteiger partial charge in [0.05, 0.1) is 18.1 Å². The molecule has 2 fully saturated rings. The van der Waals surface area contributed by atoms with E-state index in [1.807, 2.05) is 13.8 Å². The Labute approximate surface area is 213 Å². The largest absolute Gasteiger partial charge is 0.438 e. The minimum atomic E-state index is -0.701. The summed E-state index contributed by atoms with van der Waals surface area (Å²) in [7, 11) is 0. The van der Waals surface area contributed by atoms with E-state index in [0.717, 1.165) is 35.5 Å². The molecule has 0 amide bonds. The molecule has 0 aromatic carbocycles. The van der Waals surface area contributed by atoms with Crippen molar-refractivity contribution in [2.75, 3.05) is 39.0 Å². The van der Waals surface area contributed by atoms with Gasteiger partial charge in [0.15, 0.2) is 12.0 Å². The first-order chi connectivity index (χ1) is 16.6. The van der Waals surface area contributed by atoms with Crippen molar-refractivity contribution in [2.45, 2.75) is 52.0 Å². The fourth-order valence-corrected chi connectivity index (χ4v) is 6.67. The normalized spacial score (nSPS) is 29.3. The first-order valence-corrected chi connectivity index (χ1v) is 13.6. The van der Waals surface area contributed by atoms with Crippen molar-refractivity contribution in [3.05, 3.63) is 10.6 Å². The van der Waals surface area contributed by atoms with Gasteiger partial charge >= 0.3 is 17.9 Å². The van der Waals surface area contributed by atoms with Crippen LogP contribution in [0.15, 0.2) is 15.6 Å². The molecule has 4 aliphatic rings. The molecule has 4 heterocycles. The summed E-state index contributed by atoms with van der Waals surface area (Å²) in [4.78, 5) is 45.3. The van der Waals surface area contributed by atoms with Crippen molar-refractivity contribution >= 4 is 46.6 Å². The van der Waals surface area contributed by atoms with E-state index in [1.165, 1.54) is 0 Å². The van der Waals surface area contributed by atoms with Gasteiger partial charge in [0, 0.05) is 41.0 Å². The molecule has 10 nitrogen and oxygen atoms in total. The zero-order chi connectivity index (χ0) is 25.3. The fourth-order valence-electron chi connectivity index (χ4n) is 4.30. The molecule has 12 heteroatoms. The van der Waals surface area contributed by atoms with Crippen molar-refractivity contribution in [3.8, 4) is 0 Å². The summed E-state index contributed by atoms with van der Waals surface area (Å²) in [5, 5.41) is 4.60. The molecule has 0 aliphatic carbocycles. The number of thioether (sulfide) groups is 2. The summed E-state index contributed by atoms with van der Waals surface area (Å²) < 4.78 is 21.1. The molecule has 0 saturated carbocycles. The lowest BCUT2D eigenvalue weighted by atomic mass is 9.87. The van der Waals surface area contributed by atoms with Gasteiger partial charge in [0.1, 0.15) is 11.6 Å². The molecule has 1 N–H and O–H groups in total. The van der Waals surface area contributed by atoms with Crippen LogP contribution in [0.2, 0.25) is 0 Å². The number of ether oxygens (including phenoxy) is 4. The van der Waals surface area contributed by atoms with Crippen LogP contribution in [0.5, 0.6) is 0 Å². The van der Waals surface area contributed by atoms with Crippen molar-refractivity contribution < 1.29 is 33.3 Å². The maximum Gasteiger partial charge on any atom is 0.358 e. The Morgan fingerprint density at radius 1 is 1.26 bits per heavy atom. The van der Waals surface area contributed by atoms with Crippen LogP contribution in [-0.2, 0) is 33.3 Å². The highest BCUT2D eigenvalue weighted by atomic mass is 32.2. The minimum Gasteiger partial charge on any atom is -0.438 e. The average Bonchev–Trinajstić information content (AvgIpc) is 3.38. The minimum absolute atomic E-state index is 0.0690. The van der Waals surface area contributed by atoms with E-state index in [0.29, 0.717) is 5.70 Å². The molecular formula is C23H33N3O7S2. The SMILES string of the molecule is C[C@H]1OCOC(=O)[C@H]1[C@@H]1NC(C(=O)OCOC(=O)C(C)(C)C)=C(SC2CN(C3=NCCS3)C2)[C@@H]1C. The number of hydrogen-bond acceptors (Lipinski definition) is 12. The Hall–Kier alpha value is -1.92. The first-order valence-electron chi connectivity index (χ1n) is 11.8. The van der Waals surface area contributed by atoms with Gasteiger partial charge in [-0.2, -0.15) is 0 Å². The zero-order valence-corrected chi connectivity index (χ0v) is 22.3. The second-order valence-corrected chi connectivity index (χ2v) is 12.5. The summed E-state index contributed by atoms with van der Waals surface area (Å²) >= 11 is 3.40. The number of hydrogen-bond donors (Lipinski definition) is 1. The Bertz CT molecular complexity index is 927. The van der Waals surface area contributed by atoms with Crippen LogP contribution in [-0.4, -0.2) is 84.3 Å². The van der Waals surface area contributed by atoms with Crippen molar-refractivity contribution in [3.63, 3.8) is 0 Å². The number of rotatable bonds is 6. The third-order valence-corrected chi connectivity index (χ3v) is 8.88. The summed E-state index contributed by atoms with van der Waals surface area (Å²) in [6, 6.07) is -0.383. The van der Waals surface area contributed by atoms with Crippen LogP contribution in [0.4, 0.5) is 0 Å². The molecule has 0 aromatic heterocycles. The highest BCUT2D eigenvalue weighted by molar-refractivity contribution is 8.14. The van der Waals surface area contributed by atoms with E-state index >= 15 is 0 Å². The van der Waals surface area contributed by atoms with Gasteiger partial charge in [-0.1, -0.05) is 18.7 Å². The molecule has 0 radical (unpaired) electrons. The molecule has 4 atom stereocenters. The maximum absolute atomic E-state index is 13.1. The summed E-state index contributed by atoms with van der Waals surface area (Å²) in [6.07, 6.45) is -0.359. The molecule has 2 saturated heterocycles. The molecular weight excluding hydrogens is 494 g/mol. The van der Waals surface area contributed by atoms with Gasteiger partial charge in [-0.05, 0) is 27.7 Å². The second-order valence-electron chi connectivity index (χ2n) is 10.1. The van der Waals surface area contributed by atoms with E-state index < -0.39 is 30.1 Å². The first kappa shape index (κ1) is 26.2. The topological polar surface area (TPSA) is 116 Å². The quantitative estimate of drug-likeness (QED) is 0.404. The number of likely N-dealkylation sites (tertiary alicyclic amines) is 1. The van der Waals surface area contributed by atoms with Gasteiger partial charge in [-0.15, -0.1) is 11.8 Å². The van der Waals surface area contributed by atoms with Crippen LogP contribution in [0.1, 0.15) is 34.6 Å². The van der Waals surface area contributed by atoms with Gasteiger partial charge in [0.2, 0.25) is 6.79 Å². The molecule has 0 unspecified atom stereocenters. The Morgan fingerprint density at radius 2 is 2.00 bits per heavy atom. The Morgan fingerprint density at radius 3 is 2.63 bits per heavy atom. The summed E-state index contributed by atoms with van der Waals surface area (Å²) in [5.74, 6) is -1.12. The Kier molecular flexibility index (Phi) is 7.92. The third-order valence-electron chi connectivity index (χ3n) is 6.38. The molecule has 0 aromatic rings. The summed E-state index contributed by atoms with van der Waals surface area (Å²) in [5.41, 5.74) is -0.399. The smallest absolute Gasteiger partial charge is 0.358 e. The highest BCUT2D eigenvalue weighted by Gasteiger charge is 2.48. The fraction of sp³-hybridized carbons (Fsp3) is 0.739. The summed E-state index contributed by atoms with van der Waals surface area (Å²) in [6.45, 7) is 11.0. The van der Waals surface area contributed by atoms with Gasteiger partial charge in [-0.3, -0.25) is 14.6 Å². The lowest BCUT2D eigenvalue weighted by Gasteiger charge is -2.40. The molecule has 0 bridgehead atoms. The van der Waals surface area contributed by atoms with E-state index in [9.17, 15) is 14.4 Å². The van der Waals surface area contributed by atoms with Crippen LogP contribution >= 0.6 is 23.5 Å². The predicted molar refractivity (Wildman–Crippen MR) is 132 cm³/mol. The van der Waals surface area contributed by atoms with Crippen molar-refractivity contribution in [1.82, 2.24) is 10.2 Å². The third kappa shape index (κ3) is 5.75. The lowest BCUT2D eigenvalue weighted by Crippen LogP contribution is -2.51.